The molecule has 1 saturated carbocycles. The Morgan fingerprint density at radius 3 is 2.24 bits per heavy atom. The standard InChI is InChI=1S/C15H30N2/c1-13-10-14(2)12-17(11-13)9-8-15(16)6-4-3-5-7-15/h13-14H,3-12,16H2,1-2H3. The molecule has 0 spiro atoms. The van der Waals surface area contributed by atoms with Crippen molar-refractivity contribution >= 4 is 0 Å². The van der Waals surface area contributed by atoms with Crippen molar-refractivity contribution in [3.63, 3.8) is 0 Å². The number of hydrogen-bond acceptors (Lipinski definition) is 2. The average Bonchev–Trinajstić information content (AvgIpc) is 2.26. The molecule has 2 atom stereocenters. The van der Waals surface area contributed by atoms with Gasteiger partial charge in [-0.3, -0.25) is 0 Å². The van der Waals surface area contributed by atoms with E-state index in [1.807, 2.05) is 0 Å². The van der Waals surface area contributed by atoms with Crippen LogP contribution < -0.4 is 5.73 Å². The van der Waals surface area contributed by atoms with Crippen molar-refractivity contribution in [3.05, 3.63) is 0 Å². The minimum absolute atomic E-state index is 0.169. The van der Waals surface area contributed by atoms with Crippen LogP contribution in [0.3, 0.4) is 0 Å². The Balaban J connectivity index is 1.76. The van der Waals surface area contributed by atoms with E-state index in [4.69, 9.17) is 5.73 Å². The zero-order valence-corrected chi connectivity index (χ0v) is 11.8. The van der Waals surface area contributed by atoms with Gasteiger partial charge in [0.15, 0.2) is 0 Å². The van der Waals surface area contributed by atoms with Crippen molar-refractivity contribution < 1.29 is 0 Å². The van der Waals surface area contributed by atoms with Crippen LogP contribution in [0.1, 0.15) is 58.8 Å². The summed E-state index contributed by atoms with van der Waals surface area (Å²) < 4.78 is 0. The third kappa shape index (κ3) is 3.96. The third-order valence-electron chi connectivity index (χ3n) is 4.72. The van der Waals surface area contributed by atoms with Crippen molar-refractivity contribution in [1.82, 2.24) is 4.90 Å². The summed E-state index contributed by atoms with van der Waals surface area (Å²) in [5.41, 5.74) is 6.69. The smallest absolute Gasteiger partial charge is 0.0166 e. The van der Waals surface area contributed by atoms with E-state index in [0.717, 1.165) is 11.8 Å². The molecule has 1 saturated heterocycles. The van der Waals surface area contributed by atoms with E-state index in [-0.39, 0.29) is 5.54 Å². The second-order valence-corrected chi connectivity index (χ2v) is 6.88. The zero-order valence-electron chi connectivity index (χ0n) is 11.8. The SMILES string of the molecule is CC1CC(C)CN(CCC2(N)CCCCC2)C1. The summed E-state index contributed by atoms with van der Waals surface area (Å²) in [5.74, 6) is 1.75. The second-order valence-electron chi connectivity index (χ2n) is 6.88. The van der Waals surface area contributed by atoms with Gasteiger partial charge in [-0.2, -0.15) is 0 Å². The highest BCUT2D eigenvalue weighted by molar-refractivity contribution is 4.88. The second kappa shape index (κ2) is 5.71. The molecule has 2 fully saturated rings. The van der Waals surface area contributed by atoms with Crippen molar-refractivity contribution in [2.24, 2.45) is 17.6 Å². The average molecular weight is 238 g/mol. The van der Waals surface area contributed by atoms with Crippen LogP contribution in [-0.2, 0) is 0 Å². The first-order valence-electron chi connectivity index (χ1n) is 7.59. The summed E-state index contributed by atoms with van der Waals surface area (Å²) in [6.07, 6.45) is 9.23. The number of hydrogen-bond donors (Lipinski definition) is 1. The summed E-state index contributed by atoms with van der Waals surface area (Å²) in [6, 6.07) is 0. The molecule has 2 N–H and O–H groups in total. The Kier molecular flexibility index (Phi) is 4.48. The van der Waals surface area contributed by atoms with Crippen molar-refractivity contribution in [2.45, 2.75) is 64.3 Å². The molecule has 0 aromatic rings. The maximum Gasteiger partial charge on any atom is 0.0166 e. The highest BCUT2D eigenvalue weighted by Crippen LogP contribution is 2.29. The lowest BCUT2D eigenvalue weighted by Gasteiger charge is -2.39. The molecule has 2 unspecified atom stereocenters. The lowest BCUT2D eigenvalue weighted by Crippen LogP contribution is -2.47. The van der Waals surface area contributed by atoms with E-state index in [9.17, 15) is 0 Å². The quantitative estimate of drug-likeness (QED) is 0.819. The van der Waals surface area contributed by atoms with Gasteiger partial charge in [-0.15, -0.1) is 0 Å². The lowest BCUT2D eigenvalue weighted by atomic mass is 9.80. The van der Waals surface area contributed by atoms with Crippen LogP contribution in [0.15, 0.2) is 0 Å². The largest absolute Gasteiger partial charge is 0.325 e. The Labute approximate surface area is 107 Å². The zero-order chi connectivity index (χ0) is 12.3. The molecule has 17 heavy (non-hydrogen) atoms. The molecular weight excluding hydrogens is 208 g/mol. The molecule has 2 nitrogen and oxygen atoms in total. The summed E-state index contributed by atoms with van der Waals surface area (Å²) in [5, 5.41) is 0. The minimum Gasteiger partial charge on any atom is -0.325 e. The fraction of sp³-hybridized carbons (Fsp3) is 1.00. The van der Waals surface area contributed by atoms with Gasteiger partial charge in [0.1, 0.15) is 0 Å². The summed E-state index contributed by atoms with van der Waals surface area (Å²) in [7, 11) is 0. The number of nitrogens with two attached hydrogens (primary N) is 1. The van der Waals surface area contributed by atoms with Crippen LogP contribution in [0.25, 0.3) is 0 Å². The Hall–Kier alpha value is -0.0800. The molecule has 0 amide bonds. The number of likely N-dealkylation sites (tertiary alicyclic amines) is 1. The monoisotopic (exact) mass is 238 g/mol. The maximum absolute atomic E-state index is 6.52. The molecule has 0 radical (unpaired) electrons. The summed E-state index contributed by atoms with van der Waals surface area (Å²) in [6.45, 7) is 8.59. The number of rotatable bonds is 3. The number of nitrogens with zero attached hydrogens (tertiary/aromatic N) is 1. The molecular formula is C15H30N2. The van der Waals surface area contributed by atoms with Crippen molar-refractivity contribution in [2.75, 3.05) is 19.6 Å². The molecule has 1 heterocycles. The van der Waals surface area contributed by atoms with Gasteiger partial charge in [0, 0.05) is 18.6 Å². The molecule has 2 heteroatoms. The molecule has 0 aromatic carbocycles. The van der Waals surface area contributed by atoms with E-state index in [1.165, 1.54) is 64.6 Å². The Morgan fingerprint density at radius 1 is 1.06 bits per heavy atom. The maximum atomic E-state index is 6.52. The molecule has 2 rings (SSSR count). The normalized spacial score (nSPS) is 34.8. The van der Waals surface area contributed by atoms with E-state index in [0.29, 0.717) is 0 Å². The van der Waals surface area contributed by atoms with E-state index in [1.54, 1.807) is 0 Å². The van der Waals surface area contributed by atoms with Crippen LogP contribution in [0.2, 0.25) is 0 Å². The van der Waals surface area contributed by atoms with E-state index in [2.05, 4.69) is 18.7 Å². The van der Waals surface area contributed by atoms with Gasteiger partial charge in [0.2, 0.25) is 0 Å². The first-order chi connectivity index (χ1) is 8.07. The molecule has 1 aliphatic heterocycles. The minimum atomic E-state index is 0.169. The van der Waals surface area contributed by atoms with Gasteiger partial charge in [-0.25, -0.2) is 0 Å². The highest BCUT2D eigenvalue weighted by atomic mass is 15.1. The molecule has 0 bridgehead atoms. The highest BCUT2D eigenvalue weighted by Gasteiger charge is 2.29. The predicted octanol–water partition coefficient (Wildman–Crippen LogP) is 3.02. The van der Waals surface area contributed by atoms with Crippen LogP contribution in [0.5, 0.6) is 0 Å². The van der Waals surface area contributed by atoms with Gasteiger partial charge in [0.05, 0.1) is 0 Å². The molecule has 0 aromatic heterocycles. The van der Waals surface area contributed by atoms with Gasteiger partial charge in [0.25, 0.3) is 0 Å². The molecule has 100 valence electrons. The van der Waals surface area contributed by atoms with Gasteiger partial charge in [-0.1, -0.05) is 33.1 Å². The lowest BCUT2D eigenvalue weighted by molar-refractivity contribution is 0.123. The fourth-order valence-corrected chi connectivity index (χ4v) is 3.86. The van der Waals surface area contributed by atoms with E-state index < -0.39 is 0 Å². The van der Waals surface area contributed by atoms with Gasteiger partial charge >= 0.3 is 0 Å². The van der Waals surface area contributed by atoms with Gasteiger partial charge in [-0.05, 0) is 44.1 Å². The number of piperidine rings is 1. The molecule has 1 aliphatic carbocycles. The first-order valence-corrected chi connectivity index (χ1v) is 7.59. The van der Waals surface area contributed by atoms with Crippen LogP contribution in [0, 0.1) is 11.8 Å². The van der Waals surface area contributed by atoms with Crippen molar-refractivity contribution in [3.8, 4) is 0 Å². The topological polar surface area (TPSA) is 29.3 Å². The van der Waals surface area contributed by atoms with Gasteiger partial charge < -0.3 is 10.6 Å². The first kappa shape index (κ1) is 13.4. The third-order valence-corrected chi connectivity index (χ3v) is 4.72. The fourth-order valence-electron chi connectivity index (χ4n) is 3.86. The van der Waals surface area contributed by atoms with Crippen molar-refractivity contribution in [1.29, 1.82) is 0 Å². The van der Waals surface area contributed by atoms with Crippen LogP contribution >= 0.6 is 0 Å². The van der Waals surface area contributed by atoms with E-state index >= 15 is 0 Å². The predicted molar refractivity (Wildman–Crippen MR) is 74.0 cm³/mol. The van der Waals surface area contributed by atoms with Crippen LogP contribution in [0.4, 0.5) is 0 Å². The van der Waals surface area contributed by atoms with Crippen LogP contribution in [-0.4, -0.2) is 30.1 Å². The summed E-state index contributed by atoms with van der Waals surface area (Å²) >= 11 is 0. The Morgan fingerprint density at radius 2 is 1.65 bits per heavy atom. The molecule has 2 aliphatic rings. The summed E-state index contributed by atoms with van der Waals surface area (Å²) in [4.78, 5) is 2.65. The Bertz CT molecular complexity index is 223.